The van der Waals surface area contributed by atoms with Gasteiger partial charge in [-0.1, -0.05) is 0 Å². The molecule has 0 aliphatic rings. The third-order valence-electron chi connectivity index (χ3n) is 0. The molecule has 0 rings (SSSR count). The molecule has 0 saturated heterocycles. The Morgan fingerprint density at radius 1 is 0.444 bits per heavy atom. The van der Waals surface area contributed by atoms with E-state index in [-0.39, 0.29) is 174 Å². The molecule has 0 aromatic carbocycles. The fourth-order valence-corrected chi connectivity index (χ4v) is 0. The SMILES string of the molecule is O.O.O.[K+].[K+].[OH-].[OH-].[Ti].[Ti]. The van der Waals surface area contributed by atoms with E-state index in [1.807, 2.05) is 0 Å². The molecule has 5 nitrogen and oxygen atoms in total. The number of rotatable bonds is 0. The van der Waals surface area contributed by atoms with Gasteiger partial charge in [0.2, 0.25) is 0 Å². The van der Waals surface area contributed by atoms with E-state index in [1.54, 1.807) is 0 Å². The van der Waals surface area contributed by atoms with E-state index in [1.165, 1.54) is 0 Å². The number of hydrogen-bond donors (Lipinski definition) is 0. The molecule has 9 heteroatoms. The van der Waals surface area contributed by atoms with Gasteiger partial charge in [0.1, 0.15) is 0 Å². The second kappa shape index (κ2) is 81.6. The van der Waals surface area contributed by atoms with Crippen LogP contribution >= 0.6 is 0 Å². The Labute approximate surface area is 169 Å². The molecule has 0 spiro atoms. The Balaban J connectivity index is 0. The summed E-state index contributed by atoms with van der Waals surface area (Å²) in [6, 6.07) is 0. The van der Waals surface area contributed by atoms with Crippen LogP contribution in [0.15, 0.2) is 0 Å². The van der Waals surface area contributed by atoms with Crippen LogP contribution in [0.4, 0.5) is 0 Å². The first-order chi connectivity index (χ1) is 0. The van der Waals surface area contributed by atoms with Crippen molar-refractivity contribution in [1.29, 1.82) is 0 Å². The summed E-state index contributed by atoms with van der Waals surface area (Å²) >= 11 is 0. The normalized spacial score (nSPS) is 0. The first-order valence-electron chi connectivity index (χ1n) is 0. The molecule has 0 saturated carbocycles. The maximum atomic E-state index is 0. The molecule has 0 fully saturated rings. The predicted molar refractivity (Wildman–Crippen MR) is 14.7 cm³/mol. The van der Waals surface area contributed by atoms with Crippen molar-refractivity contribution in [3.05, 3.63) is 0 Å². The quantitative estimate of drug-likeness (QED) is 0.397. The Kier molecular flexibility index (Phi) is 944. The average Bonchev–Trinajstić information content (AvgIpc) is 0. The largest absolute Gasteiger partial charge is 1.00 e. The van der Waals surface area contributed by atoms with Crippen LogP contribution in [0.2, 0.25) is 0 Å². The molecule has 0 heterocycles. The van der Waals surface area contributed by atoms with E-state index in [0.717, 1.165) is 0 Å². The number of hydrogen-bond acceptors (Lipinski definition) is 2. The van der Waals surface area contributed by atoms with Gasteiger partial charge in [0.05, 0.1) is 0 Å². The fraction of sp³-hybridized carbons (Fsp3) is 0. The van der Waals surface area contributed by atoms with Gasteiger partial charge < -0.3 is 27.4 Å². The van der Waals surface area contributed by atoms with Crippen molar-refractivity contribution in [3.63, 3.8) is 0 Å². The van der Waals surface area contributed by atoms with Crippen molar-refractivity contribution in [1.82, 2.24) is 0 Å². The van der Waals surface area contributed by atoms with E-state index < -0.39 is 0 Å². The van der Waals surface area contributed by atoms with E-state index in [4.69, 9.17) is 0 Å². The van der Waals surface area contributed by atoms with Crippen molar-refractivity contribution < 1.29 is 174 Å². The van der Waals surface area contributed by atoms with Gasteiger partial charge in [0, 0.05) is 43.4 Å². The summed E-state index contributed by atoms with van der Waals surface area (Å²) in [6.45, 7) is 0. The van der Waals surface area contributed by atoms with Gasteiger partial charge in [-0.25, -0.2) is 0 Å². The van der Waals surface area contributed by atoms with Gasteiger partial charge in [0.25, 0.3) is 0 Å². The van der Waals surface area contributed by atoms with Crippen molar-refractivity contribution in [2.75, 3.05) is 0 Å². The molecule has 0 aliphatic heterocycles. The van der Waals surface area contributed by atoms with E-state index in [2.05, 4.69) is 0 Å². The van der Waals surface area contributed by atoms with Gasteiger partial charge in [-0.2, -0.15) is 0 Å². The smallest absolute Gasteiger partial charge is 0.870 e. The molecule has 0 radical (unpaired) electrons. The zero-order chi connectivity index (χ0) is 0. The van der Waals surface area contributed by atoms with Gasteiger partial charge in [-0.15, -0.1) is 0 Å². The third kappa shape index (κ3) is 68.0. The predicted octanol–water partition coefficient (Wildman–Crippen LogP) is -8.82. The molecule has 0 atom stereocenters. The molecule has 0 aliphatic carbocycles. The molecule has 0 amide bonds. The molecular weight excluding hydrogens is 254 g/mol. The van der Waals surface area contributed by atoms with Crippen LogP contribution in [-0.2, 0) is 43.4 Å². The molecule has 0 aromatic heterocycles. The van der Waals surface area contributed by atoms with Gasteiger partial charge in [0.15, 0.2) is 0 Å². The summed E-state index contributed by atoms with van der Waals surface area (Å²) in [4.78, 5) is 0. The molecular formula is H8K2O5Ti2. The average molecular weight is 262 g/mol. The summed E-state index contributed by atoms with van der Waals surface area (Å²) in [6.07, 6.45) is 0. The molecule has 8 N–H and O–H groups in total. The Hall–Kier alpha value is 4.50. The van der Waals surface area contributed by atoms with Crippen LogP contribution in [0.5, 0.6) is 0 Å². The minimum absolute atomic E-state index is 0. The first-order valence-corrected chi connectivity index (χ1v) is 0. The summed E-state index contributed by atoms with van der Waals surface area (Å²) in [7, 11) is 0. The minimum Gasteiger partial charge on any atom is -0.870 e. The summed E-state index contributed by atoms with van der Waals surface area (Å²) in [5.74, 6) is 0. The summed E-state index contributed by atoms with van der Waals surface area (Å²) < 4.78 is 0. The minimum atomic E-state index is 0. The van der Waals surface area contributed by atoms with Crippen LogP contribution in [-0.4, -0.2) is 27.4 Å². The van der Waals surface area contributed by atoms with Gasteiger partial charge in [-0.3, -0.25) is 0 Å². The van der Waals surface area contributed by atoms with E-state index >= 15 is 0 Å². The molecule has 0 unspecified atom stereocenters. The van der Waals surface area contributed by atoms with Crippen LogP contribution in [0.3, 0.4) is 0 Å². The van der Waals surface area contributed by atoms with Crippen molar-refractivity contribution in [2.24, 2.45) is 0 Å². The van der Waals surface area contributed by atoms with Gasteiger partial charge >= 0.3 is 103 Å². The van der Waals surface area contributed by atoms with Crippen LogP contribution in [0.25, 0.3) is 0 Å². The fourth-order valence-electron chi connectivity index (χ4n) is 0. The standard InChI is InChI=1S/2K.5H2O.2Ti/h;;5*1H2;;/q2*+1;;;;;;;/p-2. The van der Waals surface area contributed by atoms with Crippen LogP contribution in [0.1, 0.15) is 0 Å². The zero-order valence-corrected chi connectivity index (χ0v) is 14.8. The summed E-state index contributed by atoms with van der Waals surface area (Å²) in [5.41, 5.74) is 0. The molecule has 0 aromatic rings. The maximum absolute atomic E-state index is 0. The first kappa shape index (κ1) is 104. The van der Waals surface area contributed by atoms with E-state index in [0.29, 0.717) is 0 Å². The molecule has 9 heavy (non-hydrogen) atoms. The Bertz CT molecular complexity index is 12.9. The summed E-state index contributed by atoms with van der Waals surface area (Å²) in [5, 5.41) is 0. The third-order valence-corrected chi connectivity index (χ3v) is 0. The second-order valence-electron chi connectivity index (χ2n) is 0. The van der Waals surface area contributed by atoms with Crippen LogP contribution < -0.4 is 103 Å². The Morgan fingerprint density at radius 3 is 0.444 bits per heavy atom. The monoisotopic (exact) mass is 262 g/mol. The second-order valence-corrected chi connectivity index (χ2v) is 0. The van der Waals surface area contributed by atoms with Crippen molar-refractivity contribution in [2.45, 2.75) is 0 Å². The van der Waals surface area contributed by atoms with Crippen molar-refractivity contribution >= 4 is 0 Å². The zero-order valence-electron chi connectivity index (χ0n) is 5.39. The van der Waals surface area contributed by atoms with Gasteiger partial charge in [-0.05, 0) is 0 Å². The topological polar surface area (TPSA) is 154 Å². The maximum Gasteiger partial charge on any atom is 1.00 e. The molecule has 48 valence electrons. The molecule has 0 bridgehead atoms. The Morgan fingerprint density at radius 2 is 0.444 bits per heavy atom. The van der Waals surface area contributed by atoms with Crippen molar-refractivity contribution in [3.8, 4) is 0 Å². The van der Waals surface area contributed by atoms with Crippen LogP contribution in [0, 0.1) is 0 Å². The van der Waals surface area contributed by atoms with E-state index in [9.17, 15) is 0 Å².